The van der Waals surface area contributed by atoms with Crippen LogP contribution in [0.5, 0.6) is 5.75 Å². The van der Waals surface area contributed by atoms with Crippen molar-refractivity contribution in [2.75, 3.05) is 25.5 Å². The largest absolute Gasteiger partial charge is 0.507 e. The van der Waals surface area contributed by atoms with Crippen molar-refractivity contribution in [2.24, 2.45) is 0 Å². The number of nitrogens with one attached hydrogen (secondary N) is 1. The zero-order chi connectivity index (χ0) is 20.5. The monoisotopic (exact) mass is 396 g/mol. The minimum atomic E-state index is -4.53. The van der Waals surface area contributed by atoms with Crippen LogP contribution in [0.15, 0.2) is 24.3 Å². The summed E-state index contributed by atoms with van der Waals surface area (Å²) in [4.78, 5) is 2.09. The lowest BCUT2D eigenvalue weighted by Gasteiger charge is -2.36. The summed E-state index contributed by atoms with van der Waals surface area (Å²) in [5.74, 6) is 0.0694. The Bertz CT molecular complexity index is 804. The summed E-state index contributed by atoms with van der Waals surface area (Å²) in [5.41, 5.74) is -0.1000. The number of alkyl halides is 3. The van der Waals surface area contributed by atoms with Crippen molar-refractivity contribution < 1.29 is 23.4 Å². The standard InChI is InChI=1S/C19H23F3N4O2/c1-11-7-12(19(20,21)22)8-16(28)18(11)15-5-6-17(25-24-15)23-13-3-4-14(10-27)26(2)9-13/h5-8,13-14,27-28H,3-4,9-10H2,1-2H3,(H,23,25)/t13-,14+/m0/s1. The summed E-state index contributed by atoms with van der Waals surface area (Å²) in [7, 11) is 1.96. The third-order valence-corrected chi connectivity index (χ3v) is 5.11. The summed E-state index contributed by atoms with van der Waals surface area (Å²) in [6.45, 7) is 2.38. The van der Waals surface area contributed by atoms with Gasteiger partial charge in [-0.3, -0.25) is 4.90 Å². The molecule has 0 saturated carbocycles. The van der Waals surface area contributed by atoms with Crippen molar-refractivity contribution in [2.45, 2.75) is 38.0 Å². The molecule has 0 unspecified atom stereocenters. The van der Waals surface area contributed by atoms with Crippen molar-refractivity contribution in [1.29, 1.82) is 0 Å². The Morgan fingerprint density at radius 1 is 1.21 bits per heavy atom. The lowest BCUT2D eigenvalue weighted by Crippen LogP contribution is -2.47. The van der Waals surface area contributed by atoms with E-state index in [0.29, 0.717) is 17.6 Å². The predicted octanol–water partition coefficient (Wildman–Crippen LogP) is 3.04. The molecule has 0 aliphatic carbocycles. The van der Waals surface area contributed by atoms with Gasteiger partial charge in [0.25, 0.3) is 0 Å². The van der Waals surface area contributed by atoms with Crippen LogP contribution < -0.4 is 5.32 Å². The van der Waals surface area contributed by atoms with Gasteiger partial charge in [0.2, 0.25) is 0 Å². The lowest BCUT2D eigenvalue weighted by atomic mass is 9.99. The summed E-state index contributed by atoms with van der Waals surface area (Å²) in [6.07, 6.45) is -2.77. The normalized spacial score (nSPS) is 20.9. The van der Waals surface area contributed by atoms with Gasteiger partial charge in [-0.05, 0) is 56.6 Å². The molecular formula is C19H23F3N4O2. The first-order chi connectivity index (χ1) is 13.2. The fourth-order valence-corrected chi connectivity index (χ4v) is 3.57. The number of aliphatic hydroxyl groups is 1. The van der Waals surface area contributed by atoms with Gasteiger partial charge in [-0.1, -0.05) is 0 Å². The van der Waals surface area contributed by atoms with Crippen molar-refractivity contribution >= 4 is 5.82 Å². The van der Waals surface area contributed by atoms with E-state index < -0.39 is 17.5 Å². The van der Waals surface area contributed by atoms with E-state index in [2.05, 4.69) is 20.4 Å². The maximum absolute atomic E-state index is 12.9. The first-order valence-electron chi connectivity index (χ1n) is 9.01. The third-order valence-electron chi connectivity index (χ3n) is 5.11. The molecule has 2 aromatic rings. The Labute approximate surface area is 161 Å². The van der Waals surface area contributed by atoms with Crippen LogP contribution in [0.25, 0.3) is 11.3 Å². The first kappa shape index (κ1) is 20.3. The maximum atomic E-state index is 12.9. The number of phenols is 1. The van der Waals surface area contributed by atoms with Crippen LogP contribution in [0, 0.1) is 6.92 Å². The van der Waals surface area contributed by atoms with E-state index in [1.54, 1.807) is 12.1 Å². The van der Waals surface area contributed by atoms with Gasteiger partial charge in [0.15, 0.2) is 0 Å². The van der Waals surface area contributed by atoms with Gasteiger partial charge in [0.05, 0.1) is 17.9 Å². The van der Waals surface area contributed by atoms with Crippen molar-refractivity contribution in [1.82, 2.24) is 15.1 Å². The van der Waals surface area contributed by atoms with E-state index in [1.165, 1.54) is 6.92 Å². The molecule has 2 heterocycles. The highest BCUT2D eigenvalue weighted by atomic mass is 19.4. The van der Waals surface area contributed by atoms with Crippen molar-refractivity contribution in [3.8, 4) is 17.0 Å². The molecule has 1 aliphatic rings. The molecule has 0 spiro atoms. The number of aromatic nitrogens is 2. The van der Waals surface area contributed by atoms with Gasteiger partial charge < -0.3 is 15.5 Å². The maximum Gasteiger partial charge on any atom is 0.416 e. The van der Waals surface area contributed by atoms with E-state index in [0.717, 1.165) is 25.5 Å². The number of anilines is 1. The molecule has 1 fully saturated rings. The SMILES string of the molecule is Cc1cc(C(F)(F)F)cc(O)c1-c1ccc(N[C@H]2CC[C@H](CO)N(C)C2)nn1. The number of aromatic hydroxyl groups is 1. The molecule has 0 bridgehead atoms. The number of benzene rings is 1. The number of likely N-dealkylation sites (N-methyl/N-ethyl adjacent to an activating group) is 1. The molecule has 1 aliphatic heterocycles. The second-order valence-corrected chi connectivity index (χ2v) is 7.18. The fraction of sp³-hybridized carbons (Fsp3) is 0.474. The third kappa shape index (κ3) is 4.36. The number of nitrogens with zero attached hydrogens (tertiary/aromatic N) is 3. The van der Waals surface area contributed by atoms with E-state index in [-0.39, 0.29) is 29.8 Å². The van der Waals surface area contributed by atoms with Gasteiger partial charge in [0.1, 0.15) is 11.6 Å². The van der Waals surface area contributed by atoms with Gasteiger partial charge in [-0.2, -0.15) is 13.2 Å². The molecule has 3 rings (SSSR count). The number of aryl methyl sites for hydroxylation is 1. The fourth-order valence-electron chi connectivity index (χ4n) is 3.57. The minimum Gasteiger partial charge on any atom is -0.507 e. The highest BCUT2D eigenvalue weighted by Crippen LogP contribution is 2.38. The van der Waals surface area contributed by atoms with Crippen LogP contribution in [-0.4, -0.2) is 57.6 Å². The van der Waals surface area contributed by atoms with Crippen molar-refractivity contribution in [3.63, 3.8) is 0 Å². The number of piperidine rings is 1. The predicted molar refractivity (Wildman–Crippen MR) is 99.0 cm³/mol. The number of phenolic OH excluding ortho intramolecular Hbond substituents is 1. The zero-order valence-corrected chi connectivity index (χ0v) is 15.7. The van der Waals surface area contributed by atoms with E-state index in [9.17, 15) is 23.4 Å². The Hall–Kier alpha value is -2.39. The number of hydrogen-bond acceptors (Lipinski definition) is 6. The molecule has 6 nitrogen and oxygen atoms in total. The highest BCUT2D eigenvalue weighted by Gasteiger charge is 2.32. The van der Waals surface area contributed by atoms with Crippen LogP contribution in [0.2, 0.25) is 0 Å². The summed E-state index contributed by atoms with van der Waals surface area (Å²) >= 11 is 0. The topological polar surface area (TPSA) is 81.5 Å². The average Bonchev–Trinajstić information content (AvgIpc) is 2.62. The molecule has 28 heavy (non-hydrogen) atoms. The van der Waals surface area contributed by atoms with Crippen LogP contribution in [0.4, 0.5) is 19.0 Å². The molecule has 1 aromatic heterocycles. The van der Waals surface area contributed by atoms with E-state index >= 15 is 0 Å². The molecule has 3 N–H and O–H groups in total. The highest BCUT2D eigenvalue weighted by molar-refractivity contribution is 5.71. The molecule has 0 amide bonds. The Morgan fingerprint density at radius 2 is 1.96 bits per heavy atom. The minimum absolute atomic E-state index is 0.133. The lowest BCUT2D eigenvalue weighted by molar-refractivity contribution is -0.137. The second kappa shape index (κ2) is 7.92. The van der Waals surface area contributed by atoms with Gasteiger partial charge in [-0.25, -0.2) is 0 Å². The molecule has 0 radical (unpaired) electrons. The van der Waals surface area contributed by atoms with Gasteiger partial charge in [0, 0.05) is 24.2 Å². The molecule has 2 atom stereocenters. The van der Waals surface area contributed by atoms with Crippen molar-refractivity contribution in [3.05, 3.63) is 35.4 Å². The summed E-state index contributed by atoms with van der Waals surface area (Å²) in [5, 5.41) is 30.9. The Kier molecular flexibility index (Phi) is 5.76. The number of hydrogen-bond donors (Lipinski definition) is 3. The molecule has 1 aromatic carbocycles. The van der Waals surface area contributed by atoms with Crippen LogP contribution in [-0.2, 0) is 6.18 Å². The number of aliphatic hydroxyl groups excluding tert-OH is 1. The molecule has 9 heteroatoms. The number of likely N-dealkylation sites (tertiary alicyclic amines) is 1. The van der Waals surface area contributed by atoms with Crippen LogP contribution in [0.1, 0.15) is 24.0 Å². The number of rotatable bonds is 4. The molecule has 1 saturated heterocycles. The summed E-state index contributed by atoms with van der Waals surface area (Å²) in [6, 6.07) is 5.32. The second-order valence-electron chi connectivity index (χ2n) is 7.18. The Morgan fingerprint density at radius 3 is 2.50 bits per heavy atom. The van der Waals surface area contributed by atoms with Gasteiger partial charge in [-0.15, -0.1) is 10.2 Å². The average molecular weight is 396 g/mol. The van der Waals surface area contributed by atoms with Crippen LogP contribution in [0.3, 0.4) is 0 Å². The molecular weight excluding hydrogens is 373 g/mol. The Balaban J connectivity index is 1.75. The van der Waals surface area contributed by atoms with E-state index in [4.69, 9.17) is 0 Å². The quantitative estimate of drug-likeness (QED) is 0.737. The number of halogens is 3. The summed E-state index contributed by atoms with van der Waals surface area (Å²) < 4.78 is 38.6. The first-order valence-corrected chi connectivity index (χ1v) is 9.01. The van der Waals surface area contributed by atoms with Crippen LogP contribution >= 0.6 is 0 Å². The zero-order valence-electron chi connectivity index (χ0n) is 15.7. The van der Waals surface area contributed by atoms with Gasteiger partial charge >= 0.3 is 6.18 Å². The van der Waals surface area contributed by atoms with E-state index in [1.807, 2.05) is 7.05 Å². The smallest absolute Gasteiger partial charge is 0.416 e. The molecule has 152 valence electrons.